The van der Waals surface area contributed by atoms with E-state index < -0.39 is 0 Å². The van der Waals surface area contributed by atoms with Gasteiger partial charge in [-0.15, -0.1) is 0 Å². The van der Waals surface area contributed by atoms with Crippen LogP contribution in [0.1, 0.15) is 27.2 Å². The number of carbonyl (C=O) groups excluding carboxylic acids is 1. The first kappa shape index (κ1) is 9.47. The molecule has 0 fully saturated rings. The van der Waals surface area contributed by atoms with Crippen LogP contribution in [0.15, 0.2) is 0 Å². The average Bonchev–Trinajstić information content (AvgIpc) is 2.00. The van der Waals surface area contributed by atoms with Crippen LogP contribution in [-0.4, -0.2) is 13.1 Å². The van der Waals surface area contributed by atoms with Crippen LogP contribution >= 0.6 is 0 Å². The Morgan fingerprint density at radius 1 is 1.50 bits per heavy atom. The van der Waals surface area contributed by atoms with Crippen molar-refractivity contribution in [2.75, 3.05) is 7.11 Å². The molecule has 0 spiro atoms. The molecule has 0 saturated heterocycles. The highest BCUT2D eigenvalue weighted by molar-refractivity contribution is 5.72. The Labute approximate surface area is 62.6 Å². The lowest BCUT2D eigenvalue weighted by Crippen LogP contribution is -2.19. The van der Waals surface area contributed by atoms with Gasteiger partial charge in [0, 0.05) is 0 Å². The first-order valence-corrected chi connectivity index (χ1v) is 3.71. The monoisotopic (exact) mass is 144 g/mol. The molecule has 0 heterocycles. The predicted molar refractivity (Wildman–Crippen MR) is 40.6 cm³/mol. The smallest absolute Gasteiger partial charge is 0.308 e. The summed E-state index contributed by atoms with van der Waals surface area (Å²) in [6.45, 7) is 6.03. The van der Waals surface area contributed by atoms with Gasteiger partial charge in [0.05, 0.1) is 13.0 Å². The van der Waals surface area contributed by atoms with E-state index in [1.807, 2.05) is 6.92 Å². The molecule has 60 valence electrons. The Balaban J connectivity index is 3.81. The second-order valence-electron chi connectivity index (χ2n) is 2.70. The third kappa shape index (κ3) is 2.38. The maximum absolute atomic E-state index is 10.9. The van der Waals surface area contributed by atoms with Crippen LogP contribution in [0.2, 0.25) is 0 Å². The minimum atomic E-state index is -0.102. The number of methoxy groups -OCH3 is 1. The molecule has 2 atom stereocenters. The molecule has 0 aliphatic rings. The van der Waals surface area contributed by atoms with Crippen LogP contribution in [0, 0.1) is 11.8 Å². The molecule has 0 amide bonds. The molecule has 0 saturated carbocycles. The van der Waals surface area contributed by atoms with Gasteiger partial charge in [-0.05, 0) is 5.92 Å². The third-order valence-electron chi connectivity index (χ3n) is 2.07. The van der Waals surface area contributed by atoms with E-state index in [1.165, 1.54) is 7.11 Å². The van der Waals surface area contributed by atoms with Crippen molar-refractivity contribution >= 4 is 5.97 Å². The summed E-state index contributed by atoms with van der Waals surface area (Å²) in [5.74, 6) is 0.358. The minimum absolute atomic E-state index is 0.0370. The summed E-state index contributed by atoms with van der Waals surface area (Å²) >= 11 is 0. The van der Waals surface area contributed by atoms with E-state index in [1.54, 1.807) is 0 Å². The van der Waals surface area contributed by atoms with Gasteiger partial charge in [0.1, 0.15) is 0 Å². The fraction of sp³-hybridized carbons (Fsp3) is 0.875. The molecule has 0 aromatic rings. The Bertz CT molecular complexity index is 110. The molecule has 0 radical (unpaired) electrons. The Morgan fingerprint density at radius 3 is 2.30 bits per heavy atom. The molecular weight excluding hydrogens is 128 g/mol. The van der Waals surface area contributed by atoms with Gasteiger partial charge >= 0.3 is 5.97 Å². The first-order valence-electron chi connectivity index (χ1n) is 3.71. The van der Waals surface area contributed by atoms with Crippen molar-refractivity contribution < 1.29 is 9.53 Å². The number of carbonyl (C=O) groups is 1. The van der Waals surface area contributed by atoms with Crippen molar-refractivity contribution in [2.45, 2.75) is 27.2 Å². The van der Waals surface area contributed by atoms with Gasteiger partial charge in [-0.3, -0.25) is 4.79 Å². The topological polar surface area (TPSA) is 26.3 Å². The Kier molecular flexibility index (Phi) is 4.08. The van der Waals surface area contributed by atoms with Crippen molar-refractivity contribution in [2.24, 2.45) is 11.8 Å². The minimum Gasteiger partial charge on any atom is -0.469 e. The molecule has 0 bridgehead atoms. The number of ether oxygens (including phenoxy) is 1. The zero-order valence-electron chi connectivity index (χ0n) is 7.18. The van der Waals surface area contributed by atoms with Gasteiger partial charge in [0.25, 0.3) is 0 Å². The molecule has 0 aromatic heterocycles. The summed E-state index contributed by atoms with van der Waals surface area (Å²) in [6.07, 6.45) is 1.02. The van der Waals surface area contributed by atoms with E-state index in [0.717, 1.165) is 6.42 Å². The molecule has 10 heavy (non-hydrogen) atoms. The van der Waals surface area contributed by atoms with Gasteiger partial charge in [-0.25, -0.2) is 0 Å². The van der Waals surface area contributed by atoms with Crippen LogP contribution in [0.4, 0.5) is 0 Å². The average molecular weight is 144 g/mol. The lowest BCUT2D eigenvalue weighted by Gasteiger charge is -2.14. The molecule has 2 nitrogen and oxygen atoms in total. The van der Waals surface area contributed by atoms with Crippen LogP contribution in [0.5, 0.6) is 0 Å². The maximum atomic E-state index is 10.9. The third-order valence-corrected chi connectivity index (χ3v) is 2.07. The highest BCUT2D eigenvalue weighted by atomic mass is 16.5. The molecule has 0 N–H and O–H groups in total. The van der Waals surface area contributed by atoms with Crippen molar-refractivity contribution in [3.05, 3.63) is 0 Å². The summed E-state index contributed by atoms with van der Waals surface area (Å²) < 4.78 is 4.60. The van der Waals surface area contributed by atoms with Gasteiger partial charge in [-0.1, -0.05) is 27.2 Å². The summed E-state index contributed by atoms with van der Waals surface area (Å²) in [5.41, 5.74) is 0. The van der Waals surface area contributed by atoms with E-state index >= 15 is 0 Å². The molecule has 0 aliphatic carbocycles. The zero-order valence-corrected chi connectivity index (χ0v) is 7.18. The van der Waals surface area contributed by atoms with Gasteiger partial charge in [0.2, 0.25) is 0 Å². The van der Waals surface area contributed by atoms with Gasteiger partial charge in [-0.2, -0.15) is 0 Å². The van der Waals surface area contributed by atoms with Crippen molar-refractivity contribution in [3.63, 3.8) is 0 Å². The number of esters is 1. The van der Waals surface area contributed by atoms with Crippen molar-refractivity contribution in [1.29, 1.82) is 0 Å². The summed E-state index contributed by atoms with van der Waals surface area (Å²) in [6, 6.07) is 0. The lowest BCUT2D eigenvalue weighted by atomic mass is 9.94. The highest BCUT2D eigenvalue weighted by Gasteiger charge is 2.18. The number of hydrogen-bond acceptors (Lipinski definition) is 2. The quantitative estimate of drug-likeness (QED) is 0.565. The van der Waals surface area contributed by atoms with Crippen LogP contribution in [-0.2, 0) is 9.53 Å². The summed E-state index contributed by atoms with van der Waals surface area (Å²) in [5, 5.41) is 0. The highest BCUT2D eigenvalue weighted by Crippen LogP contribution is 2.15. The second-order valence-corrected chi connectivity index (χ2v) is 2.70. The fourth-order valence-corrected chi connectivity index (χ4v) is 0.772. The number of hydrogen-bond donors (Lipinski definition) is 0. The molecular formula is C8H16O2. The maximum Gasteiger partial charge on any atom is 0.308 e. The molecule has 1 unspecified atom stereocenters. The van der Waals surface area contributed by atoms with Gasteiger partial charge < -0.3 is 4.74 Å². The Morgan fingerprint density at radius 2 is 2.00 bits per heavy atom. The van der Waals surface area contributed by atoms with Crippen LogP contribution in [0.3, 0.4) is 0 Å². The fourth-order valence-electron chi connectivity index (χ4n) is 0.772. The second kappa shape index (κ2) is 4.31. The largest absolute Gasteiger partial charge is 0.469 e. The van der Waals surface area contributed by atoms with Crippen LogP contribution in [0.25, 0.3) is 0 Å². The molecule has 0 aromatic carbocycles. The SMILES string of the molecule is CC[C@H](C)C(C)C(=O)OC. The standard InChI is InChI=1S/C8H16O2/c1-5-6(2)7(3)8(9)10-4/h6-7H,5H2,1-4H3/t6-,7?/m0/s1. The molecule has 0 aliphatic heterocycles. The normalized spacial score (nSPS) is 16.0. The van der Waals surface area contributed by atoms with E-state index in [9.17, 15) is 4.79 Å². The Hall–Kier alpha value is -0.530. The van der Waals surface area contributed by atoms with Crippen molar-refractivity contribution in [1.82, 2.24) is 0 Å². The molecule has 0 rings (SSSR count). The van der Waals surface area contributed by atoms with E-state index in [-0.39, 0.29) is 11.9 Å². The summed E-state index contributed by atoms with van der Waals surface area (Å²) in [7, 11) is 1.43. The van der Waals surface area contributed by atoms with Crippen LogP contribution < -0.4 is 0 Å². The number of rotatable bonds is 3. The predicted octanol–water partition coefficient (Wildman–Crippen LogP) is 1.84. The van der Waals surface area contributed by atoms with E-state index in [2.05, 4.69) is 18.6 Å². The first-order chi connectivity index (χ1) is 4.63. The van der Waals surface area contributed by atoms with Gasteiger partial charge in [0.15, 0.2) is 0 Å². The van der Waals surface area contributed by atoms with E-state index in [4.69, 9.17) is 0 Å². The van der Waals surface area contributed by atoms with Crippen molar-refractivity contribution in [3.8, 4) is 0 Å². The lowest BCUT2D eigenvalue weighted by molar-refractivity contribution is -0.146. The molecule has 2 heteroatoms. The van der Waals surface area contributed by atoms with E-state index in [0.29, 0.717) is 5.92 Å². The zero-order chi connectivity index (χ0) is 8.15. The summed E-state index contributed by atoms with van der Waals surface area (Å²) in [4.78, 5) is 10.9.